The molecule has 4 aliphatic carbocycles. The van der Waals surface area contributed by atoms with Crippen molar-refractivity contribution in [2.75, 3.05) is 6.61 Å². The predicted molar refractivity (Wildman–Crippen MR) is 93.3 cm³/mol. The third-order valence-corrected chi connectivity index (χ3v) is 9.18. The molecule has 4 rings (SSSR count). The third kappa shape index (κ3) is 2.26. The monoisotopic (exact) mass is 334 g/mol. The molecule has 0 aromatic carbocycles. The van der Waals surface area contributed by atoms with Crippen LogP contribution in [0.25, 0.3) is 0 Å². The Balaban J connectivity index is 1.60. The molecule has 3 nitrogen and oxygen atoms in total. The minimum atomic E-state index is -0.279. The van der Waals surface area contributed by atoms with Gasteiger partial charge in [0.15, 0.2) is 5.78 Å². The van der Waals surface area contributed by atoms with Gasteiger partial charge in [-0.3, -0.25) is 4.79 Å². The average molecular weight is 335 g/mol. The molecule has 1 unspecified atom stereocenters. The van der Waals surface area contributed by atoms with Gasteiger partial charge >= 0.3 is 0 Å². The first-order valence-electron chi connectivity index (χ1n) is 10.2. The molecule has 0 aromatic heterocycles. The van der Waals surface area contributed by atoms with E-state index in [9.17, 15) is 15.0 Å². The zero-order valence-corrected chi connectivity index (χ0v) is 15.3. The molecule has 0 aliphatic heterocycles. The number of fused-ring (bicyclic) bond motifs is 5. The van der Waals surface area contributed by atoms with Gasteiger partial charge in [-0.2, -0.15) is 0 Å². The van der Waals surface area contributed by atoms with Crippen LogP contribution in [0.4, 0.5) is 0 Å². The van der Waals surface area contributed by atoms with Crippen LogP contribution in [-0.4, -0.2) is 28.7 Å². The Morgan fingerprint density at radius 2 is 1.67 bits per heavy atom. The maximum Gasteiger partial charge on any atom is 0.161 e. The van der Waals surface area contributed by atoms with Crippen LogP contribution >= 0.6 is 0 Å². The Morgan fingerprint density at radius 3 is 2.42 bits per heavy atom. The topological polar surface area (TPSA) is 57.5 Å². The summed E-state index contributed by atoms with van der Waals surface area (Å²) in [6.45, 7) is 4.57. The smallest absolute Gasteiger partial charge is 0.161 e. The molecule has 2 N–H and O–H groups in total. The summed E-state index contributed by atoms with van der Waals surface area (Å²) >= 11 is 0. The molecule has 136 valence electrons. The molecule has 24 heavy (non-hydrogen) atoms. The summed E-state index contributed by atoms with van der Waals surface area (Å²) in [5.74, 6) is 3.08. The molecule has 4 saturated carbocycles. The third-order valence-electron chi connectivity index (χ3n) is 9.18. The maximum atomic E-state index is 12.3. The van der Waals surface area contributed by atoms with Crippen LogP contribution in [-0.2, 0) is 4.79 Å². The number of ketones is 1. The lowest BCUT2D eigenvalue weighted by Crippen LogP contribution is -2.54. The van der Waals surface area contributed by atoms with Gasteiger partial charge in [-0.25, -0.2) is 0 Å². The van der Waals surface area contributed by atoms with E-state index in [-0.39, 0.29) is 29.8 Å². The number of carbonyl (C=O) groups excluding carboxylic acids is 1. The van der Waals surface area contributed by atoms with Crippen LogP contribution < -0.4 is 0 Å². The van der Waals surface area contributed by atoms with Gasteiger partial charge in [-0.15, -0.1) is 0 Å². The number of rotatable bonds is 2. The van der Waals surface area contributed by atoms with Crippen LogP contribution in [0, 0.1) is 40.4 Å². The zero-order valence-electron chi connectivity index (χ0n) is 15.3. The van der Waals surface area contributed by atoms with Gasteiger partial charge in [-0.05, 0) is 92.3 Å². The maximum absolute atomic E-state index is 12.3. The molecular weight excluding hydrogens is 300 g/mol. The minimum absolute atomic E-state index is 0.0773. The summed E-state index contributed by atoms with van der Waals surface area (Å²) in [7, 11) is 0. The molecule has 0 heterocycles. The number of Topliss-reactive ketones (excluding diaryl/α,β-unsaturated/α-hetero) is 1. The summed E-state index contributed by atoms with van der Waals surface area (Å²) in [5.41, 5.74) is 0.529. The average Bonchev–Trinajstić information content (AvgIpc) is 2.92. The van der Waals surface area contributed by atoms with E-state index in [1.54, 1.807) is 0 Å². The molecule has 3 heteroatoms. The van der Waals surface area contributed by atoms with Crippen LogP contribution in [0.1, 0.15) is 71.6 Å². The normalized spacial score (nSPS) is 53.8. The van der Waals surface area contributed by atoms with E-state index >= 15 is 0 Å². The lowest BCUT2D eigenvalue weighted by atomic mass is 9.44. The Hall–Kier alpha value is -0.410. The van der Waals surface area contributed by atoms with Gasteiger partial charge in [-0.1, -0.05) is 13.8 Å². The molecular formula is C21H34O3. The Morgan fingerprint density at radius 1 is 0.958 bits per heavy atom. The van der Waals surface area contributed by atoms with E-state index in [0.29, 0.717) is 17.3 Å². The molecule has 8 atom stereocenters. The molecule has 4 fully saturated rings. The molecule has 4 aliphatic rings. The van der Waals surface area contributed by atoms with E-state index in [0.717, 1.165) is 37.5 Å². The fourth-order valence-corrected chi connectivity index (χ4v) is 7.87. The number of aliphatic hydroxyl groups is 2. The van der Waals surface area contributed by atoms with Crippen LogP contribution in [0.3, 0.4) is 0 Å². The van der Waals surface area contributed by atoms with Crippen molar-refractivity contribution in [3.8, 4) is 0 Å². The molecule has 0 aromatic rings. The van der Waals surface area contributed by atoms with E-state index in [1.165, 1.54) is 32.1 Å². The quantitative estimate of drug-likeness (QED) is 0.812. The largest absolute Gasteiger partial charge is 0.393 e. The van der Waals surface area contributed by atoms with Gasteiger partial charge in [0.2, 0.25) is 0 Å². The van der Waals surface area contributed by atoms with E-state index in [1.807, 2.05) is 0 Å². The number of hydrogen-bond acceptors (Lipinski definition) is 3. The van der Waals surface area contributed by atoms with Crippen molar-refractivity contribution in [3.63, 3.8) is 0 Å². The van der Waals surface area contributed by atoms with Gasteiger partial charge in [0.25, 0.3) is 0 Å². The van der Waals surface area contributed by atoms with Crippen molar-refractivity contribution in [2.45, 2.75) is 77.7 Å². The predicted octanol–water partition coefficient (Wildman–Crippen LogP) is 3.57. The number of aliphatic hydroxyl groups excluding tert-OH is 2. The SMILES string of the molecule is C[C@]12CC[C@H]3[C@H](CCC4C[C@H](O)CC[C@@]43C)[C@@H]1CC[C@@H]2C(=O)CO. The highest BCUT2D eigenvalue weighted by molar-refractivity contribution is 5.83. The van der Waals surface area contributed by atoms with Crippen molar-refractivity contribution in [1.82, 2.24) is 0 Å². The first-order valence-corrected chi connectivity index (χ1v) is 10.2. The summed E-state index contributed by atoms with van der Waals surface area (Å²) in [6, 6.07) is 0. The second kappa shape index (κ2) is 5.81. The Labute approximate surface area is 146 Å². The summed E-state index contributed by atoms with van der Waals surface area (Å²) < 4.78 is 0. The van der Waals surface area contributed by atoms with Crippen LogP contribution in [0.15, 0.2) is 0 Å². The fourth-order valence-electron chi connectivity index (χ4n) is 7.87. The van der Waals surface area contributed by atoms with Crippen LogP contribution in [0.2, 0.25) is 0 Å². The lowest BCUT2D eigenvalue weighted by molar-refractivity contribution is -0.141. The standard InChI is InChI=1S/C21H34O3/c1-20-9-7-14(23)11-13(20)3-4-15-16-5-6-18(19(24)12-22)21(16,2)10-8-17(15)20/h13-18,22-23H,3-12H2,1-2H3/t13?,14-,15-,16+,17+,18-,20+,21+/m1/s1. The van der Waals surface area contributed by atoms with E-state index in [2.05, 4.69) is 13.8 Å². The summed E-state index contributed by atoms with van der Waals surface area (Å²) in [6.07, 6.45) is 10.2. The molecule has 0 saturated heterocycles. The minimum Gasteiger partial charge on any atom is -0.393 e. The van der Waals surface area contributed by atoms with E-state index in [4.69, 9.17) is 0 Å². The number of hydrogen-bond donors (Lipinski definition) is 2. The van der Waals surface area contributed by atoms with Crippen molar-refractivity contribution < 1.29 is 15.0 Å². The second-order valence-electron chi connectivity index (χ2n) is 9.88. The Bertz CT molecular complexity index is 517. The molecule has 0 amide bonds. The first kappa shape index (κ1) is 17.0. The van der Waals surface area contributed by atoms with Gasteiger partial charge in [0.05, 0.1) is 6.10 Å². The molecule has 0 spiro atoms. The molecule has 0 radical (unpaired) electrons. The highest BCUT2D eigenvalue weighted by Crippen LogP contribution is 2.67. The first-order chi connectivity index (χ1) is 11.4. The summed E-state index contributed by atoms with van der Waals surface area (Å²) in [4.78, 5) is 12.3. The number of carbonyl (C=O) groups is 1. The van der Waals surface area contributed by atoms with Crippen molar-refractivity contribution in [3.05, 3.63) is 0 Å². The second-order valence-corrected chi connectivity index (χ2v) is 9.88. The van der Waals surface area contributed by atoms with E-state index < -0.39 is 0 Å². The van der Waals surface area contributed by atoms with Gasteiger partial charge < -0.3 is 10.2 Å². The zero-order chi connectivity index (χ0) is 17.1. The van der Waals surface area contributed by atoms with Crippen molar-refractivity contribution in [1.29, 1.82) is 0 Å². The van der Waals surface area contributed by atoms with Crippen LogP contribution in [0.5, 0.6) is 0 Å². The van der Waals surface area contributed by atoms with Crippen molar-refractivity contribution in [2.24, 2.45) is 40.4 Å². The summed E-state index contributed by atoms with van der Waals surface area (Å²) in [5, 5.41) is 19.5. The highest BCUT2D eigenvalue weighted by Gasteiger charge is 2.60. The Kier molecular flexibility index (Phi) is 4.12. The highest BCUT2D eigenvalue weighted by atomic mass is 16.3. The van der Waals surface area contributed by atoms with Gasteiger partial charge in [0, 0.05) is 5.92 Å². The van der Waals surface area contributed by atoms with Gasteiger partial charge in [0.1, 0.15) is 6.61 Å². The molecule has 0 bridgehead atoms. The fraction of sp³-hybridized carbons (Fsp3) is 0.952. The lowest BCUT2D eigenvalue weighted by Gasteiger charge is -2.60. The van der Waals surface area contributed by atoms with Crippen molar-refractivity contribution >= 4 is 5.78 Å².